The summed E-state index contributed by atoms with van der Waals surface area (Å²) in [5.74, 6) is -1.59. The molecule has 0 spiro atoms. The van der Waals surface area contributed by atoms with Crippen molar-refractivity contribution in [2.75, 3.05) is 32.9 Å². The van der Waals surface area contributed by atoms with E-state index in [1.165, 1.54) is 6.92 Å². The van der Waals surface area contributed by atoms with E-state index in [4.69, 9.17) is 15.6 Å². The summed E-state index contributed by atoms with van der Waals surface area (Å²) in [5, 5.41) is 15.4. The van der Waals surface area contributed by atoms with Crippen molar-refractivity contribution in [3.63, 3.8) is 0 Å². The van der Waals surface area contributed by atoms with E-state index in [0.717, 1.165) is 0 Å². The number of hydrogen-bond acceptors (Lipinski definition) is 6. The van der Waals surface area contributed by atoms with Crippen LogP contribution in [0, 0.1) is 0 Å². The molecule has 10 heteroatoms. The van der Waals surface area contributed by atoms with Crippen LogP contribution in [0.3, 0.4) is 0 Å². The van der Waals surface area contributed by atoms with Gasteiger partial charge >= 0.3 is 6.03 Å². The zero-order chi connectivity index (χ0) is 17.0. The van der Waals surface area contributed by atoms with Gasteiger partial charge in [0.15, 0.2) is 5.78 Å². The highest BCUT2D eigenvalue weighted by atomic mass is 16.5. The van der Waals surface area contributed by atoms with Crippen LogP contribution in [0.1, 0.15) is 13.3 Å². The zero-order valence-electron chi connectivity index (χ0n) is 12.4. The minimum Gasteiger partial charge on any atom is -0.394 e. The molecule has 1 atom stereocenters. The summed E-state index contributed by atoms with van der Waals surface area (Å²) in [7, 11) is 0. The number of nitrogens with two attached hydrogens (primary N) is 1. The lowest BCUT2D eigenvalue weighted by atomic mass is 10.1. The third-order valence-electron chi connectivity index (χ3n) is 2.42. The van der Waals surface area contributed by atoms with E-state index in [2.05, 4.69) is 16.0 Å². The number of urea groups is 1. The van der Waals surface area contributed by atoms with Crippen LogP contribution in [0.25, 0.3) is 0 Å². The number of hydrogen-bond donors (Lipinski definition) is 5. The van der Waals surface area contributed by atoms with Gasteiger partial charge in [-0.25, -0.2) is 4.79 Å². The van der Waals surface area contributed by atoms with E-state index in [9.17, 15) is 19.2 Å². The molecule has 0 rings (SSSR count). The van der Waals surface area contributed by atoms with Crippen molar-refractivity contribution in [2.24, 2.45) is 5.73 Å². The van der Waals surface area contributed by atoms with Gasteiger partial charge < -0.3 is 31.5 Å². The van der Waals surface area contributed by atoms with E-state index in [1.807, 2.05) is 0 Å². The Hall–Kier alpha value is -2.20. The molecule has 0 aromatic rings. The number of carbonyl (C=O) groups is 4. The zero-order valence-corrected chi connectivity index (χ0v) is 12.4. The molecule has 0 bridgehead atoms. The van der Waals surface area contributed by atoms with Gasteiger partial charge in [-0.1, -0.05) is 0 Å². The molecule has 0 fully saturated rings. The standard InChI is InChI=1S/C12H22N4O6/c1-8(18)9(6-10(13)19)16-12(21)15-7-11(20)14-2-4-22-5-3-17/h9,17H,2-7H2,1H3,(H2,13,19)(H,14,20)(H2,15,16,21). The highest BCUT2D eigenvalue weighted by molar-refractivity contribution is 5.92. The molecule has 0 radical (unpaired) electrons. The fourth-order valence-corrected chi connectivity index (χ4v) is 1.36. The van der Waals surface area contributed by atoms with Crippen LogP contribution in [0.5, 0.6) is 0 Å². The quantitative estimate of drug-likeness (QED) is 0.259. The number of aliphatic hydroxyl groups is 1. The van der Waals surface area contributed by atoms with Gasteiger partial charge in [-0.05, 0) is 6.92 Å². The van der Waals surface area contributed by atoms with Crippen LogP contribution in [-0.4, -0.2) is 67.7 Å². The number of aliphatic hydroxyl groups excluding tert-OH is 1. The first-order valence-corrected chi connectivity index (χ1v) is 6.65. The molecule has 0 saturated heterocycles. The maximum absolute atomic E-state index is 11.5. The van der Waals surface area contributed by atoms with Gasteiger partial charge in [0.2, 0.25) is 11.8 Å². The smallest absolute Gasteiger partial charge is 0.315 e. The molecule has 0 aliphatic rings. The minimum atomic E-state index is -1.02. The van der Waals surface area contributed by atoms with Gasteiger partial charge in [0.25, 0.3) is 0 Å². The van der Waals surface area contributed by atoms with Crippen molar-refractivity contribution in [1.82, 2.24) is 16.0 Å². The Morgan fingerprint density at radius 1 is 1.18 bits per heavy atom. The Morgan fingerprint density at radius 2 is 1.86 bits per heavy atom. The Labute approximate surface area is 127 Å². The van der Waals surface area contributed by atoms with E-state index < -0.39 is 29.7 Å². The first-order valence-electron chi connectivity index (χ1n) is 6.65. The van der Waals surface area contributed by atoms with E-state index in [1.54, 1.807) is 0 Å². The van der Waals surface area contributed by atoms with Crippen LogP contribution in [0.15, 0.2) is 0 Å². The monoisotopic (exact) mass is 318 g/mol. The van der Waals surface area contributed by atoms with Gasteiger partial charge in [-0.3, -0.25) is 14.4 Å². The fourth-order valence-electron chi connectivity index (χ4n) is 1.36. The number of rotatable bonds is 11. The lowest BCUT2D eigenvalue weighted by molar-refractivity contribution is -0.124. The molecule has 4 amide bonds. The molecule has 0 aromatic carbocycles. The highest BCUT2D eigenvalue weighted by Crippen LogP contribution is 1.92. The summed E-state index contributed by atoms with van der Waals surface area (Å²) < 4.78 is 4.93. The third-order valence-corrected chi connectivity index (χ3v) is 2.42. The first-order chi connectivity index (χ1) is 10.4. The number of primary amides is 1. The highest BCUT2D eigenvalue weighted by Gasteiger charge is 2.19. The number of amides is 4. The molecular weight excluding hydrogens is 296 g/mol. The van der Waals surface area contributed by atoms with Crippen LogP contribution in [0.2, 0.25) is 0 Å². The molecule has 0 aromatic heterocycles. The molecule has 1 unspecified atom stereocenters. The number of ether oxygens (including phenoxy) is 1. The molecule has 0 aliphatic heterocycles. The largest absolute Gasteiger partial charge is 0.394 e. The van der Waals surface area contributed by atoms with Crippen molar-refractivity contribution < 1.29 is 29.0 Å². The summed E-state index contributed by atoms with van der Waals surface area (Å²) in [6.45, 7) is 1.48. The normalized spacial score (nSPS) is 11.4. The van der Waals surface area contributed by atoms with Gasteiger partial charge in [-0.2, -0.15) is 0 Å². The summed E-state index contributed by atoms with van der Waals surface area (Å²) in [6.07, 6.45) is -0.308. The van der Waals surface area contributed by atoms with Crippen LogP contribution in [-0.2, 0) is 19.1 Å². The van der Waals surface area contributed by atoms with Crippen molar-refractivity contribution >= 4 is 23.6 Å². The second kappa shape index (κ2) is 11.5. The summed E-state index contributed by atoms with van der Waals surface area (Å²) in [5.41, 5.74) is 4.96. The van der Waals surface area contributed by atoms with Crippen LogP contribution < -0.4 is 21.7 Å². The van der Waals surface area contributed by atoms with E-state index in [-0.39, 0.29) is 39.3 Å². The molecule has 0 saturated carbocycles. The lowest BCUT2D eigenvalue weighted by Gasteiger charge is -2.14. The predicted molar refractivity (Wildman–Crippen MR) is 75.7 cm³/mol. The van der Waals surface area contributed by atoms with Gasteiger partial charge in [0.1, 0.15) is 0 Å². The second-order valence-corrected chi connectivity index (χ2v) is 4.35. The Bertz CT molecular complexity index is 401. The molecular formula is C12H22N4O6. The molecule has 22 heavy (non-hydrogen) atoms. The average Bonchev–Trinajstić information content (AvgIpc) is 2.43. The van der Waals surface area contributed by atoms with E-state index >= 15 is 0 Å². The number of ketones is 1. The van der Waals surface area contributed by atoms with Gasteiger partial charge in [-0.15, -0.1) is 0 Å². The van der Waals surface area contributed by atoms with E-state index in [0.29, 0.717) is 0 Å². The molecule has 6 N–H and O–H groups in total. The third kappa shape index (κ3) is 10.6. The Morgan fingerprint density at radius 3 is 2.41 bits per heavy atom. The molecule has 10 nitrogen and oxygen atoms in total. The van der Waals surface area contributed by atoms with Crippen molar-refractivity contribution in [2.45, 2.75) is 19.4 Å². The van der Waals surface area contributed by atoms with Crippen LogP contribution in [0.4, 0.5) is 4.79 Å². The summed E-state index contributed by atoms with van der Waals surface area (Å²) in [6, 6.07) is -1.78. The number of nitrogens with one attached hydrogen (secondary N) is 3. The SMILES string of the molecule is CC(=O)C(CC(N)=O)NC(=O)NCC(=O)NCCOCCO. The Kier molecular flexibility index (Phi) is 10.3. The summed E-state index contributed by atoms with van der Waals surface area (Å²) >= 11 is 0. The maximum Gasteiger partial charge on any atom is 0.315 e. The number of Topliss-reactive ketones (excluding diaryl/α,β-unsaturated/α-hetero) is 1. The average molecular weight is 318 g/mol. The minimum absolute atomic E-state index is 0.0989. The topological polar surface area (TPSA) is 160 Å². The van der Waals surface area contributed by atoms with Crippen LogP contribution >= 0.6 is 0 Å². The maximum atomic E-state index is 11.5. The van der Waals surface area contributed by atoms with Gasteiger partial charge in [0.05, 0.1) is 38.8 Å². The first kappa shape index (κ1) is 19.8. The predicted octanol–water partition coefficient (Wildman–Crippen LogP) is -2.76. The molecule has 126 valence electrons. The van der Waals surface area contributed by atoms with Crippen molar-refractivity contribution in [3.05, 3.63) is 0 Å². The molecule has 0 aliphatic carbocycles. The Balaban J connectivity index is 3.93. The fraction of sp³-hybridized carbons (Fsp3) is 0.667. The van der Waals surface area contributed by atoms with Crippen molar-refractivity contribution in [1.29, 1.82) is 0 Å². The summed E-state index contributed by atoms with van der Waals surface area (Å²) in [4.78, 5) is 44.9. The number of carbonyl (C=O) groups excluding carboxylic acids is 4. The lowest BCUT2D eigenvalue weighted by Crippen LogP contribution is -2.49. The van der Waals surface area contributed by atoms with Gasteiger partial charge in [0, 0.05) is 6.54 Å². The second-order valence-electron chi connectivity index (χ2n) is 4.35. The molecule has 0 heterocycles. The van der Waals surface area contributed by atoms with Crippen molar-refractivity contribution in [3.8, 4) is 0 Å².